The lowest BCUT2D eigenvalue weighted by Gasteiger charge is -2.40. The molecule has 2 aromatic rings. The van der Waals surface area contributed by atoms with Gasteiger partial charge in [0.15, 0.2) is 5.16 Å². The summed E-state index contributed by atoms with van der Waals surface area (Å²) in [5.41, 5.74) is 1.05. The van der Waals surface area contributed by atoms with E-state index in [1.807, 2.05) is 42.2 Å². The second-order valence-electron chi connectivity index (χ2n) is 8.66. The number of rotatable bonds is 10. The average molecular weight is 504 g/mol. The van der Waals surface area contributed by atoms with Crippen LogP contribution in [0.4, 0.5) is 5.82 Å². The van der Waals surface area contributed by atoms with Crippen molar-refractivity contribution < 1.29 is 9.59 Å². The van der Waals surface area contributed by atoms with Crippen LogP contribution in [0.25, 0.3) is 0 Å². The summed E-state index contributed by atoms with van der Waals surface area (Å²) in [6.45, 7) is 8.21. The Balaban J connectivity index is 1.54. The van der Waals surface area contributed by atoms with E-state index in [1.54, 1.807) is 6.07 Å². The molecule has 34 heavy (non-hydrogen) atoms. The van der Waals surface area contributed by atoms with Crippen LogP contribution in [0.15, 0.2) is 41.6 Å². The highest BCUT2D eigenvalue weighted by Crippen LogP contribution is 2.24. The van der Waals surface area contributed by atoms with Gasteiger partial charge in [0.1, 0.15) is 11.0 Å². The van der Waals surface area contributed by atoms with E-state index in [0.29, 0.717) is 36.4 Å². The van der Waals surface area contributed by atoms with Gasteiger partial charge in [0, 0.05) is 38.2 Å². The van der Waals surface area contributed by atoms with Crippen LogP contribution in [0.2, 0.25) is 5.15 Å². The number of amides is 2. The summed E-state index contributed by atoms with van der Waals surface area (Å²) < 4.78 is 0. The van der Waals surface area contributed by atoms with Crippen molar-refractivity contribution in [3.8, 4) is 0 Å². The van der Waals surface area contributed by atoms with Crippen LogP contribution < -0.4 is 10.2 Å². The Bertz CT molecular complexity index is 962. The summed E-state index contributed by atoms with van der Waals surface area (Å²) in [5, 5.41) is 3.81. The monoisotopic (exact) mass is 503 g/mol. The molecule has 2 heterocycles. The molecule has 0 bridgehead atoms. The molecule has 2 amide bonds. The lowest BCUT2D eigenvalue weighted by atomic mass is 10.1. The number of carbonyl (C=O) groups excluding carboxylic acids is 2. The first-order valence-corrected chi connectivity index (χ1v) is 13.3. The molecule has 3 rings (SSSR count). The van der Waals surface area contributed by atoms with E-state index in [0.717, 1.165) is 30.6 Å². The molecule has 1 aromatic heterocycles. The number of unbranched alkanes of at least 4 members (excludes halogenated alkanes) is 2. The van der Waals surface area contributed by atoms with Crippen LogP contribution in [-0.2, 0) is 9.59 Å². The van der Waals surface area contributed by atoms with Crippen molar-refractivity contribution in [2.45, 2.75) is 63.7 Å². The number of nitrogens with one attached hydrogen (secondary N) is 1. The van der Waals surface area contributed by atoms with E-state index in [4.69, 9.17) is 11.6 Å². The molecule has 0 aliphatic carbocycles. The number of hydrogen-bond donors (Lipinski definition) is 1. The third-order valence-electron chi connectivity index (χ3n) is 5.94. The van der Waals surface area contributed by atoms with E-state index in [1.165, 1.54) is 11.8 Å². The Kier molecular flexibility index (Phi) is 10.0. The average Bonchev–Trinajstić information content (AvgIpc) is 2.83. The van der Waals surface area contributed by atoms with Crippen LogP contribution in [-0.4, -0.2) is 58.1 Å². The van der Waals surface area contributed by atoms with Crippen LogP contribution in [0.5, 0.6) is 0 Å². The largest absolute Gasteiger partial charge is 0.353 e. The van der Waals surface area contributed by atoms with Crippen molar-refractivity contribution in [1.29, 1.82) is 0 Å². The predicted molar refractivity (Wildman–Crippen MR) is 138 cm³/mol. The highest BCUT2D eigenvalue weighted by atomic mass is 35.5. The van der Waals surface area contributed by atoms with Crippen LogP contribution in [0, 0.1) is 0 Å². The van der Waals surface area contributed by atoms with Gasteiger partial charge in [-0.05, 0) is 25.8 Å². The fraction of sp³-hybridized carbons (Fsp3) is 0.520. The van der Waals surface area contributed by atoms with E-state index in [2.05, 4.69) is 34.0 Å². The first-order chi connectivity index (χ1) is 16.4. The fourth-order valence-electron chi connectivity index (χ4n) is 4.06. The van der Waals surface area contributed by atoms with Crippen molar-refractivity contribution in [3.05, 3.63) is 47.1 Å². The molecule has 184 valence electrons. The van der Waals surface area contributed by atoms with E-state index < -0.39 is 0 Å². The molecule has 1 aliphatic heterocycles. The van der Waals surface area contributed by atoms with Crippen molar-refractivity contribution in [3.63, 3.8) is 0 Å². The van der Waals surface area contributed by atoms with Crippen molar-refractivity contribution in [1.82, 2.24) is 20.2 Å². The minimum absolute atomic E-state index is 0.0763. The third kappa shape index (κ3) is 7.60. The minimum atomic E-state index is -0.0877. The molecule has 0 radical (unpaired) electrons. The molecule has 1 aromatic carbocycles. The van der Waals surface area contributed by atoms with Gasteiger partial charge in [0.2, 0.25) is 11.8 Å². The van der Waals surface area contributed by atoms with Gasteiger partial charge in [-0.3, -0.25) is 9.59 Å². The van der Waals surface area contributed by atoms with Gasteiger partial charge in [-0.15, -0.1) is 0 Å². The van der Waals surface area contributed by atoms with E-state index >= 15 is 0 Å². The van der Waals surface area contributed by atoms with Crippen LogP contribution >= 0.6 is 23.4 Å². The summed E-state index contributed by atoms with van der Waals surface area (Å²) in [5.74, 6) is 1.07. The third-order valence-corrected chi connectivity index (χ3v) is 6.98. The number of carbonyl (C=O) groups is 2. The lowest BCUT2D eigenvalue weighted by Crippen LogP contribution is -2.54. The highest BCUT2D eigenvalue weighted by molar-refractivity contribution is 7.99. The summed E-state index contributed by atoms with van der Waals surface area (Å²) in [6, 6.07) is 11.6. The summed E-state index contributed by atoms with van der Waals surface area (Å²) in [6.07, 6.45) is 3.76. The number of nitrogens with zero attached hydrogens (tertiary/aromatic N) is 4. The van der Waals surface area contributed by atoms with E-state index in [9.17, 15) is 9.59 Å². The zero-order valence-corrected chi connectivity index (χ0v) is 21.7. The molecule has 2 atom stereocenters. The maximum absolute atomic E-state index is 12.6. The topological polar surface area (TPSA) is 78.4 Å². The summed E-state index contributed by atoms with van der Waals surface area (Å²) >= 11 is 7.54. The molecular formula is C25H34ClN5O2S. The number of halogens is 1. The molecule has 9 heteroatoms. The molecule has 0 saturated carbocycles. The number of aromatic nitrogens is 2. The highest BCUT2D eigenvalue weighted by Gasteiger charge is 2.28. The minimum Gasteiger partial charge on any atom is -0.353 e. The molecule has 0 unspecified atom stereocenters. The zero-order chi connectivity index (χ0) is 24.5. The van der Waals surface area contributed by atoms with Crippen molar-refractivity contribution >= 4 is 41.0 Å². The Morgan fingerprint density at radius 2 is 1.97 bits per heavy atom. The quantitative estimate of drug-likeness (QED) is 0.219. The van der Waals surface area contributed by atoms with E-state index in [-0.39, 0.29) is 29.7 Å². The molecule has 1 saturated heterocycles. The summed E-state index contributed by atoms with van der Waals surface area (Å²) in [4.78, 5) is 38.0. The Morgan fingerprint density at radius 3 is 2.68 bits per heavy atom. The van der Waals surface area contributed by atoms with Gasteiger partial charge in [-0.1, -0.05) is 73.5 Å². The first kappa shape index (κ1) is 26.3. The van der Waals surface area contributed by atoms with Gasteiger partial charge < -0.3 is 15.1 Å². The fourth-order valence-corrected chi connectivity index (χ4v) is 4.95. The van der Waals surface area contributed by atoms with Crippen LogP contribution in [0.1, 0.15) is 58.1 Å². The molecule has 1 N–H and O–H groups in total. The molecular weight excluding hydrogens is 470 g/mol. The van der Waals surface area contributed by atoms with Crippen molar-refractivity contribution in [2.75, 3.05) is 30.3 Å². The molecule has 1 fully saturated rings. The maximum atomic E-state index is 12.6. The molecule has 0 spiro atoms. The number of piperazine rings is 1. The van der Waals surface area contributed by atoms with Gasteiger partial charge in [0.25, 0.3) is 0 Å². The number of hydrogen-bond acceptors (Lipinski definition) is 6. The second kappa shape index (κ2) is 13.0. The predicted octanol–water partition coefficient (Wildman–Crippen LogP) is 4.72. The standard InChI is InChI=1S/C25H34ClN5O2S/c1-4-5-7-12-24(33)31-14-13-30(16-18(31)2)22-15-21(26)28-25(29-22)34-17-23(32)27-19(3)20-10-8-6-9-11-20/h6,8-11,15,18-19H,4-5,7,12-14,16-17H2,1-3H3,(H,27,32)/t18-,19+/m1/s1. The first-order valence-electron chi connectivity index (χ1n) is 11.9. The number of anilines is 1. The van der Waals surface area contributed by atoms with Gasteiger partial charge in [-0.25, -0.2) is 9.97 Å². The van der Waals surface area contributed by atoms with Gasteiger partial charge >= 0.3 is 0 Å². The SMILES string of the molecule is CCCCCC(=O)N1CCN(c2cc(Cl)nc(SCC(=O)N[C@@H](C)c3ccccc3)n2)C[C@H]1C. The maximum Gasteiger partial charge on any atom is 0.230 e. The number of thioether (sulfide) groups is 1. The number of benzene rings is 1. The molecule has 1 aliphatic rings. The second-order valence-corrected chi connectivity index (χ2v) is 9.99. The Labute approximate surface area is 211 Å². The molecule has 7 nitrogen and oxygen atoms in total. The van der Waals surface area contributed by atoms with Gasteiger partial charge in [-0.2, -0.15) is 0 Å². The smallest absolute Gasteiger partial charge is 0.230 e. The Morgan fingerprint density at radius 1 is 1.21 bits per heavy atom. The van der Waals surface area contributed by atoms with Gasteiger partial charge in [0.05, 0.1) is 11.8 Å². The zero-order valence-electron chi connectivity index (χ0n) is 20.2. The normalized spacial score (nSPS) is 16.9. The van der Waals surface area contributed by atoms with Crippen LogP contribution in [0.3, 0.4) is 0 Å². The van der Waals surface area contributed by atoms with Crippen molar-refractivity contribution in [2.24, 2.45) is 0 Å². The lowest BCUT2D eigenvalue weighted by molar-refractivity contribution is -0.133. The Hall–Kier alpha value is -2.32. The summed E-state index contributed by atoms with van der Waals surface area (Å²) in [7, 11) is 0.